The lowest BCUT2D eigenvalue weighted by Gasteiger charge is -2.13. The molecule has 1 atom stereocenters. The fourth-order valence-electron chi connectivity index (χ4n) is 1.32. The van der Waals surface area contributed by atoms with Crippen LogP contribution in [0.3, 0.4) is 0 Å². The molecule has 0 amide bonds. The molecule has 0 saturated heterocycles. The minimum Gasteiger partial charge on any atom is -0.447 e. The molecule has 0 aromatic carbocycles. The van der Waals surface area contributed by atoms with Gasteiger partial charge in [-0.25, -0.2) is 13.1 Å². The second-order valence-electron chi connectivity index (χ2n) is 3.64. The Bertz CT molecular complexity index is 457. The average molecular weight is 278 g/mol. The van der Waals surface area contributed by atoms with E-state index in [1.54, 1.807) is 6.07 Å². The van der Waals surface area contributed by atoms with Gasteiger partial charge in [0.15, 0.2) is 0 Å². The molecule has 0 aliphatic rings. The van der Waals surface area contributed by atoms with E-state index in [0.29, 0.717) is 18.9 Å². The summed E-state index contributed by atoms with van der Waals surface area (Å²) in [4.78, 5) is 0. The van der Waals surface area contributed by atoms with Crippen LogP contribution in [0.1, 0.15) is 5.76 Å². The Hall–Kier alpha value is -0.930. The number of sulfonamides is 1. The zero-order chi connectivity index (χ0) is 13.6. The molecule has 0 aliphatic heterocycles. The highest BCUT2D eigenvalue weighted by molar-refractivity contribution is 7.89. The van der Waals surface area contributed by atoms with Gasteiger partial charge < -0.3 is 19.6 Å². The summed E-state index contributed by atoms with van der Waals surface area (Å²) in [5.41, 5.74) is 0. The molecule has 0 spiro atoms. The lowest BCUT2D eigenvalue weighted by atomic mass is 10.3. The molecule has 8 heteroatoms. The Morgan fingerprint density at radius 3 is 2.78 bits per heavy atom. The second-order valence-corrected chi connectivity index (χ2v) is 5.46. The van der Waals surface area contributed by atoms with Gasteiger partial charge in [0.05, 0.1) is 25.8 Å². The van der Waals surface area contributed by atoms with E-state index < -0.39 is 10.0 Å². The van der Waals surface area contributed by atoms with Crippen LogP contribution in [0.15, 0.2) is 21.6 Å². The average Bonchev–Trinajstić information content (AvgIpc) is 2.84. The van der Waals surface area contributed by atoms with Crippen LogP contribution in [0.2, 0.25) is 0 Å². The lowest BCUT2D eigenvalue weighted by molar-refractivity contribution is 0.126. The Morgan fingerprint density at radius 2 is 2.22 bits per heavy atom. The van der Waals surface area contributed by atoms with Gasteiger partial charge in [-0.1, -0.05) is 0 Å². The summed E-state index contributed by atoms with van der Waals surface area (Å²) < 4.78 is 35.1. The summed E-state index contributed by atoms with van der Waals surface area (Å²) in [6.45, 7) is 0.600. The summed E-state index contributed by atoms with van der Waals surface area (Å²) in [7, 11) is -0.698. The fourth-order valence-corrected chi connectivity index (χ4v) is 1.99. The topological polar surface area (TPSA) is 101 Å². The predicted octanol–water partition coefficient (Wildman–Crippen LogP) is -0.715. The van der Waals surface area contributed by atoms with Crippen molar-refractivity contribution < 1.29 is 22.7 Å². The minimum atomic E-state index is -3.55. The first-order valence-corrected chi connectivity index (χ1v) is 6.87. The minimum absolute atomic E-state index is 0.0732. The monoisotopic (exact) mass is 278 g/mol. The van der Waals surface area contributed by atoms with Gasteiger partial charge in [-0.3, -0.25) is 0 Å². The molecule has 0 aliphatic carbocycles. The van der Waals surface area contributed by atoms with E-state index in [9.17, 15) is 8.42 Å². The van der Waals surface area contributed by atoms with Crippen LogP contribution in [0.5, 0.6) is 0 Å². The number of furan rings is 1. The quantitative estimate of drug-likeness (QED) is 0.580. The number of methoxy groups -OCH3 is 1. The van der Waals surface area contributed by atoms with Gasteiger partial charge in [-0.05, 0) is 19.2 Å². The van der Waals surface area contributed by atoms with E-state index in [0.717, 1.165) is 0 Å². The third-order valence-electron chi connectivity index (χ3n) is 2.32. The Balaban J connectivity index is 2.59. The van der Waals surface area contributed by atoms with Crippen molar-refractivity contribution in [1.29, 1.82) is 0 Å². The van der Waals surface area contributed by atoms with E-state index in [4.69, 9.17) is 14.3 Å². The van der Waals surface area contributed by atoms with Crippen LogP contribution >= 0.6 is 0 Å². The molecule has 18 heavy (non-hydrogen) atoms. The lowest BCUT2D eigenvalue weighted by Crippen LogP contribution is -2.35. The Kier molecular flexibility index (Phi) is 5.76. The summed E-state index contributed by atoms with van der Waals surface area (Å²) in [5, 5.41) is 11.9. The SMILES string of the molecule is CNS(=O)(=O)c1ccc(CNC(CO)COC)o1. The summed E-state index contributed by atoms with van der Waals surface area (Å²) >= 11 is 0. The molecule has 104 valence electrons. The molecule has 3 N–H and O–H groups in total. The van der Waals surface area contributed by atoms with Crippen LogP contribution in [0.4, 0.5) is 0 Å². The molecule has 0 fully saturated rings. The predicted molar refractivity (Wildman–Crippen MR) is 64.5 cm³/mol. The van der Waals surface area contributed by atoms with Gasteiger partial charge in [-0.15, -0.1) is 0 Å². The van der Waals surface area contributed by atoms with Crippen molar-refractivity contribution in [2.75, 3.05) is 27.4 Å². The first kappa shape index (κ1) is 15.1. The van der Waals surface area contributed by atoms with Crippen molar-refractivity contribution >= 4 is 10.0 Å². The van der Waals surface area contributed by atoms with Gasteiger partial charge in [0, 0.05) is 7.11 Å². The molecular formula is C10H18N2O5S. The molecule has 0 bridgehead atoms. The van der Waals surface area contributed by atoms with Crippen molar-refractivity contribution in [3.8, 4) is 0 Å². The summed E-state index contributed by atoms with van der Waals surface area (Å²) in [6.07, 6.45) is 0. The van der Waals surface area contributed by atoms with E-state index in [2.05, 4.69) is 10.0 Å². The number of ether oxygens (including phenoxy) is 1. The van der Waals surface area contributed by atoms with Crippen LogP contribution in [-0.2, 0) is 21.3 Å². The van der Waals surface area contributed by atoms with E-state index in [-0.39, 0.29) is 17.7 Å². The summed E-state index contributed by atoms with van der Waals surface area (Å²) in [5.74, 6) is 0.471. The molecular weight excluding hydrogens is 260 g/mol. The zero-order valence-corrected chi connectivity index (χ0v) is 11.2. The molecule has 1 heterocycles. The highest BCUT2D eigenvalue weighted by atomic mass is 32.2. The number of aliphatic hydroxyl groups excluding tert-OH is 1. The van der Waals surface area contributed by atoms with Crippen molar-refractivity contribution in [3.63, 3.8) is 0 Å². The first-order valence-electron chi connectivity index (χ1n) is 5.39. The Labute approximate surface area is 106 Å². The highest BCUT2D eigenvalue weighted by Crippen LogP contribution is 2.13. The molecule has 1 rings (SSSR count). The third-order valence-corrected chi connectivity index (χ3v) is 3.61. The number of aliphatic hydroxyl groups is 1. The standard InChI is InChI=1S/C10H18N2O5S/c1-11-18(14,15)10-4-3-9(17-10)5-12-8(6-13)7-16-2/h3-4,8,11-13H,5-7H2,1-2H3. The molecule has 1 aromatic rings. The van der Waals surface area contributed by atoms with Gasteiger partial charge in [0.1, 0.15) is 5.76 Å². The second kappa shape index (κ2) is 6.86. The smallest absolute Gasteiger partial charge is 0.273 e. The van der Waals surface area contributed by atoms with Gasteiger partial charge >= 0.3 is 0 Å². The molecule has 1 unspecified atom stereocenters. The number of rotatable bonds is 8. The van der Waals surface area contributed by atoms with Gasteiger partial charge in [0.2, 0.25) is 5.09 Å². The zero-order valence-electron chi connectivity index (χ0n) is 10.3. The van der Waals surface area contributed by atoms with E-state index >= 15 is 0 Å². The van der Waals surface area contributed by atoms with Crippen LogP contribution in [0.25, 0.3) is 0 Å². The Morgan fingerprint density at radius 1 is 1.50 bits per heavy atom. The van der Waals surface area contributed by atoms with Crippen LogP contribution in [0, 0.1) is 0 Å². The maximum atomic E-state index is 11.4. The van der Waals surface area contributed by atoms with Crippen molar-refractivity contribution in [3.05, 3.63) is 17.9 Å². The fraction of sp³-hybridized carbons (Fsp3) is 0.600. The molecule has 1 aromatic heterocycles. The highest BCUT2D eigenvalue weighted by Gasteiger charge is 2.16. The number of hydrogen-bond donors (Lipinski definition) is 3. The molecule has 0 saturated carbocycles. The molecule has 7 nitrogen and oxygen atoms in total. The van der Waals surface area contributed by atoms with Crippen LogP contribution in [-0.4, -0.2) is 46.9 Å². The van der Waals surface area contributed by atoms with Gasteiger partial charge in [0.25, 0.3) is 10.0 Å². The maximum absolute atomic E-state index is 11.4. The van der Waals surface area contributed by atoms with Crippen molar-refractivity contribution in [2.24, 2.45) is 0 Å². The number of nitrogens with one attached hydrogen (secondary N) is 2. The largest absolute Gasteiger partial charge is 0.447 e. The summed E-state index contributed by atoms with van der Waals surface area (Å²) in [6, 6.07) is 2.73. The normalized spacial score (nSPS) is 13.7. The number of hydrogen-bond acceptors (Lipinski definition) is 6. The van der Waals surface area contributed by atoms with Gasteiger partial charge in [-0.2, -0.15) is 0 Å². The third kappa shape index (κ3) is 4.07. The van der Waals surface area contributed by atoms with Crippen molar-refractivity contribution in [2.45, 2.75) is 17.7 Å². The maximum Gasteiger partial charge on any atom is 0.273 e. The molecule has 0 radical (unpaired) electrons. The van der Waals surface area contributed by atoms with Crippen molar-refractivity contribution in [1.82, 2.24) is 10.0 Å². The van der Waals surface area contributed by atoms with Crippen LogP contribution < -0.4 is 10.0 Å². The van der Waals surface area contributed by atoms with E-state index in [1.165, 1.54) is 20.2 Å². The van der Waals surface area contributed by atoms with E-state index in [1.807, 2.05) is 0 Å². The first-order chi connectivity index (χ1) is 8.53.